The predicted octanol–water partition coefficient (Wildman–Crippen LogP) is 3.29. The van der Waals surface area contributed by atoms with Gasteiger partial charge in [-0.2, -0.15) is 5.26 Å². The van der Waals surface area contributed by atoms with Crippen molar-refractivity contribution in [3.63, 3.8) is 0 Å². The summed E-state index contributed by atoms with van der Waals surface area (Å²) in [5, 5.41) is 9.35. The Balaban J connectivity index is 1.86. The lowest BCUT2D eigenvalue weighted by Gasteiger charge is -2.26. The van der Waals surface area contributed by atoms with Crippen LogP contribution in [-0.4, -0.2) is 31.9 Å². The molecule has 1 aliphatic rings. The third kappa shape index (κ3) is 3.27. The molecule has 1 aliphatic heterocycles. The maximum Gasteiger partial charge on any atom is 0.162 e. The molecule has 1 atom stereocenters. The molecule has 0 fully saturated rings. The minimum atomic E-state index is -0.233. The molecule has 5 heteroatoms. The average Bonchev–Trinajstić information content (AvgIpc) is 2.59. The van der Waals surface area contributed by atoms with Crippen LogP contribution in [0.5, 0.6) is 11.5 Å². The van der Waals surface area contributed by atoms with Crippen LogP contribution in [0.25, 0.3) is 0 Å². The number of hydrogen-bond acceptors (Lipinski definition) is 4. The minimum Gasteiger partial charge on any atom is -0.485 e. The molecule has 0 saturated carbocycles. The third-order valence-electron chi connectivity index (χ3n) is 3.45. The van der Waals surface area contributed by atoms with E-state index in [9.17, 15) is 5.26 Å². The van der Waals surface area contributed by atoms with E-state index in [0.717, 1.165) is 17.1 Å². The van der Waals surface area contributed by atoms with Gasteiger partial charge >= 0.3 is 0 Å². The Morgan fingerprint density at radius 3 is 2.74 bits per heavy atom. The van der Waals surface area contributed by atoms with Crippen LogP contribution in [0.2, 0.25) is 0 Å². The van der Waals surface area contributed by atoms with E-state index in [1.165, 1.54) is 0 Å². The van der Waals surface area contributed by atoms with Gasteiger partial charge in [0.2, 0.25) is 0 Å². The zero-order valence-electron chi connectivity index (χ0n) is 13.1. The topological polar surface area (TPSA) is 57.9 Å². The zero-order chi connectivity index (χ0) is 16.2. The standard InChI is InChI=1S/C18H17N3O2/c1-21(2)12-20-15-8-7-13(9-14(15)10-19)18-11-22-16-5-3-4-6-17(16)23-18/h3-9,12,18H,11H2,1-2H3. The number of hydrogen-bond donors (Lipinski definition) is 0. The first kappa shape index (κ1) is 14.9. The molecule has 2 aromatic rings. The van der Waals surface area contributed by atoms with Crippen LogP contribution in [0.4, 0.5) is 5.69 Å². The Hall–Kier alpha value is -3.00. The van der Waals surface area contributed by atoms with Gasteiger partial charge in [-0.15, -0.1) is 0 Å². The molecular weight excluding hydrogens is 290 g/mol. The van der Waals surface area contributed by atoms with Crippen LogP contribution in [0, 0.1) is 11.3 Å². The minimum absolute atomic E-state index is 0.233. The van der Waals surface area contributed by atoms with Gasteiger partial charge in [0.15, 0.2) is 17.6 Å². The molecule has 0 aromatic heterocycles. The Bertz CT molecular complexity index is 778. The van der Waals surface area contributed by atoms with Crippen LogP contribution in [0.3, 0.4) is 0 Å². The van der Waals surface area contributed by atoms with E-state index in [1.54, 1.807) is 6.34 Å². The van der Waals surface area contributed by atoms with Crippen LogP contribution in [0.15, 0.2) is 47.5 Å². The van der Waals surface area contributed by atoms with Gasteiger partial charge in [-0.25, -0.2) is 4.99 Å². The highest BCUT2D eigenvalue weighted by atomic mass is 16.6. The highest BCUT2D eigenvalue weighted by molar-refractivity contribution is 5.65. The van der Waals surface area contributed by atoms with E-state index in [1.807, 2.05) is 61.5 Å². The molecule has 3 rings (SSSR count). The molecule has 1 heterocycles. The molecule has 0 radical (unpaired) electrons. The largest absolute Gasteiger partial charge is 0.485 e. The van der Waals surface area contributed by atoms with Gasteiger partial charge in [-0.3, -0.25) is 0 Å². The second kappa shape index (κ2) is 6.41. The number of fused-ring (bicyclic) bond motifs is 1. The van der Waals surface area contributed by atoms with E-state index in [0.29, 0.717) is 17.9 Å². The van der Waals surface area contributed by atoms with Gasteiger partial charge in [0.05, 0.1) is 17.6 Å². The quantitative estimate of drug-likeness (QED) is 0.645. The van der Waals surface area contributed by atoms with Crippen LogP contribution in [0.1, 0.15) is 17.2 Å². The van der Waals surface area contributed by atoms with Crippen molar-refractivity contribution in [2.75, 3.05) is 20.7 Å². The maximum absolute atomic E-state index is 9.35. The lowest BCUT2D eigenvalue weighted by Crippen LogP contribution is -2.21. The summed E-state index contributed by atoms with van der Waals surface area (Å²) >= 11 is 0. The first-order valence-corrected chi connectivity index (χ1v) is 7.30. The molecule has 116 valence electrons. The van der Waals surface area contributed by atoms with Crippen molar-refractivity contribution in [2.24, 2.45) is 4.99 Å². The van der Waals surface area contributed by atoms with Gasteiger partial charge in [0.25, 0.3) is 0 Å². The smallest absolute Gasteiger partial charge is 0.162 e. The number of rotatable bonds is 3. The summed E-state index contributed by atoms with van der Waals surface area (Å²) in [5.74, 6) is 1.47. The van der Waals surface area contributed by atoms with Crippen LogP contribution >= 0.6 is 0 Å². The van der Waals surface area contributed by atoms with Crippen molar-refractivity contribution in [1.82, 2.24) is 4.90 Å². The molecule has 0 aliphatic carbocycles. The monoisotopic (exact) mass is 307 g/mol. The molecule has 0 spiro atoms. The fourth-order valence-electron chi connectivity index (χ4n) is 2.32. The van der Waals surface area contributed by atoms with E-state index in [-0.39, 0.29) is 6.10 Å². The van der Waals surface area contributed by atoms with Crippen LogP contribution in [-0.2, 0) is 0 Å². The maximum atomic E-state index is 9.35. The van der Waals surface area contributed by atoms with E-state index < -0.39 is 0 Å². The molecule has 1 unspecified atom stereocenters. The fourth-order valence-corrected chi connectivity index (χ4v) is 2.32. The molecule has 0 N–H and O–H groups in total. The Morgan fingerprint density at radius 2 is 2.00 bits per heavy atom. The fraction of sp³-hybridized carbons (Fsp3) is 0.222. The molecule has 0 bridgehead atoms. The molecular formula is C18H17N3O2. The van der Waals surface area contributed by atoms with Crippen molar-refractivity contribution in [2.45, 2.75) is 6.10 Å². The lowest BCUT2D eigenvalue weighted by atomic mass is 10.0. The second-order valence-electron chi connectivity index (χ2n) is 5.46. The zero-order valence-corrected chi connectivity index (χ0v) is 13.1. The van der Waals surface area contributed by atoms with Gasteiger partial charge < -0.3 is 14.4 Å². The van der Waals surface area contributed by atoms with Crippen LogP contribution < -0.4 is 9.47 Å². The van der Waals surface area contributed by atoms with Gasteiger partial charge in [-0.1, -0.05) is 18.2 Å². The SMILES string of the molecule is CN(C)C=Nc1ccc(C2COc3ccccc3O2)cc1C#N. The summed E-state index contributed by atoms with van der Waals surface area (Å²) in [6.07, 6.45) is 1.44. The van der Waals surface area contributed by atoms with Crippen molar-refractivity contribution in [3.05, 3.63) is 53.6 Å². The molecule has 23 heavy (non-hydrogen) atoms. The van der Waals surface area contributed by atoms with Crippen molar-refractivity contribution in [1.29, 1.82) is 5.26 Å². The molecule has 2 aromatic carbocycles. The molecule has 5 nitrogen and oxygen atoms in total. The van der Waals surface area contributed by atoms with E-state index in [4.69, 9.17) is 9.47 Å². The van der Waals surface area contributed by atoms with Gasteiger partial charge in [0.1, 0.15) is 12.7 Å². The number of para-hydroxylation sites is 2. The number of benzene rings is 2. The second-order valence-corrected chi connectivity index (χ2v) is 5.46. The molecule has 0 saturated heterocycles. The summed E-state index contributed by atoms with van der Waals surface area (Å²) in [4.78, 5) is 6.13. The van der Waals surface area contributed by atoms with Gasteiger partial charge in [0, 0.05) is 14.1 Å². The Labute approximate surface area is 135 Å². The number of ether oxygens (including phenoxy) is 2. The summed E-state index contributed by atoms with van der Waals surface area (Å²) in [6, 6.07) is 15.3. The summed E-state index contributed by atoms with van der Waals surface area (Å²) in [6.45, 7) is 0.419. The van der Waals surface area contributed by atoms with Crippen molar-refractivity contribution < 1.29 is 9.47 Å². The average molecular weight is 307 g/mol. The number of nitriles is 1. The van der Waals surface area contributed by atoms with Crippen molar-refractivity contribution in [3.8, 4) is 17.6 Å². The Kier molecular flexibility index (Phi) is 4.15. The predicted molar refractivity (Wildman–Crippen MR) is 88.3 cm³/mol. The normalized spacial score (nSPS) is 16.1. The number of aliphatic imine (C=N–C) groups is 1. The first-order valence-electron chi connectivity index (χ1n) is 7.30. The van der Waals surface area contributed by atoms with Gasteiger partial charge in [-0.05, 0) is 29.8 Å². The first-order chi connectivity index (χ1) is 11.2. The Morgan fingerprint density at radius 1 is 1.22 bits per heavy atom. The summed E-state index contributed by atoms with van der Waals surface area (Å²) in [5.41, 5.74) is 2.06. The van der Waals surface area contributed by atoms with E-state index in [2.05, 4.69) is 11.1 Å². The highest BCUT2D eigenvalue weighted by Gasteiger charge is 2.22. The molecule has 0 amide bonds. The summed E-state index contributed by atoms with van der Waals surface area (Å²) < 4.78 is 11.7. The highest BCUT2D eigenvalue weighted by Crippen LogP contribution is 2.36. The number of nitrogens with zero attached hydrogens (tertiary/aromatic N) is 3. The van der Waals surface area contributed by atoms with E-state index >= 15 is 0 Å². The third-order valence-corrected chi connectivity index (χ3v) is 3.45. The summed E-state index contributed by atoms with van der Waals surface area (Å²) in [7, 11) is 3.77. The van der Waals surface area contributed by atoms with Crippen molar-refractivity contribution >= 4 is 12.0 Å². The lowest BCUT2D eigenvalue weighted by molar-refractivity contribution is 0.0913.